The van der Waals surface area contributed by atoms with E-state index in [4.69, 9.17) is 4.74 Å². The minimum absolute atomic E-state index is 0.184. The van der Waals surface area contributed by atoms with Crippen LogP contribution >= 0.6 is 0 Å². The lowest BCUT2D eigenvalue weighted by Crippen LogP contribution is -2.22. The fraction of sp³-hybridized carbons (Fsp3) is 0.250. The lowest BCUT2D eigenvalue weighted by atomic mass is 10.1. The second-order valence-electron chi connectivity index (χ2n) is 4.85. The van der Waals surface area contributed by atoms with Crippen LogP contribution in [0.1, 0.15) is 22.7 Å². The van der Waals surface area contributed by atoms with E-state index in [1.165, 1.54) is 11.6 Å². The average molecular weight is 257 g/mol. The molecule has 0 fully saturated rings. The highest BCUT2D eigenvalue weighted by atomic mass is 19.1. The van der Waals surface area contributed by atoms with Crippen LogP contribution < -0.4 is 10.1 Å². The predicted molar refractivity (Wildman–Crippen MR) is 72.7 cm³/mol. The first-order chi connectivity index (χ1) is 9.24. The lowest BCUT2D eigenvalue weighted by Gasteiger charge is -2.13. The van der Waals surface area contributed by atoms with E-state index in [9.17, 15) is 4.39 Å². The van der Waals surface area contributed by atoms with Gasteiger partial charge in [0.2, 0.25) is 0 Å². The van der Waals surface area contributed by atoms with Gasteiger partial charge in [0.15, 0.2) is 0 Å². The van der Waals surface area contributed by atoms with Gasteiger partial charge in [0.1, 0.15) is 18.2 Å². The normalized spacial score (nSPS) is 17.1. The van der Waals surface area contributed by atoms with Gasteiger partial charge >= 0.3 is 0 Å². The molecular formula is C16H16FNO. The van der Waals surface area contributed by atoms with Gasteiger partial charge in [0.05, 0.1) is 6.04 Å². The maximum Gasteiger partial charge on any atom is 0.124 e. The number of nitrogens with one attached hydrogen (secondary N) is 1. The number of rotatable bonds is 3. The summed E-state index contributed by atoms with van der Waals surface area (Å²) in [6.07, 6.45) is 0. The maximum atomic E-state index is 13.0. The van der Waals surface area contributed by atoms with Crippen molar-refractivity contribution >= 4 is 0 Å². The Morgan fingerprint density at radius 1 is 1.26 bits per heavy atom. The lowest BCUT2D eigenvalue weighted by molar-refractivity contribution is 0.310. The van der Waals surface area contributed by atoms with Gasteiger partial charge in [-0.1, -0.05) is 24.3 Å². The van der Waals surface area contributed by atoms with Crippen molar-refractivity contribution in [2.45, 2.75) is 19.5 Å². The molecule has 2 aromatic rings. The van der Waals surface area contributed by atoms with Gasteiger partial charge < -0.3 is 10.1 Å². The number of hydrogen-bond donors (Lipinski definition) is 1. The highest BCUT2D eigenvalue weighted by Gasteiger charge is 2.22. The van der Waals surface area contributed by atoms with Gasteiger partial charge in [-0.3, -0.25) is 0 Å². The Labute approximate surface area is 112 Å². The maximum absolute atomic E-state index is 13.0. The molecule has 19 heavy (non-hydrogen) atoms. The van der Waals surface area contributed by atoms with Gasteiger partial charge in [0, 0.05) is 12.1 Å². The molecule has 0 aromatic heterocycles. The number of halogens is 1. The van der Waals surface area contributed by atoms with E-state index in [1.807, 2.05) is 31.2 Å². The van der Waals surface area contributed by atoms with Crippen molar-refractivity contribution in [2.24, 2.45) is 0 Å². The van der Waals surface area contributed by atoms with Crippen LogP contribution in [0.3, 0.4) is 0 Å². The summed E-state index contributed by atoms with van der Waals surface area (Å²) >= 11 is 0. The van der Waals surface area contributed by atoms with Crippen LogP contribution in [-0.2, 0) is 6.54 Å². The Balaban J connectivity index is 1.71. The summed E-state index contributed by atoms with van der Waals surface area (Å²) in [6, 6.07) is 13.2. The van der Waals surface area contributed by atoms with Crippen molar-refractivity contribution in [1.29, 1.82) is 0 Å². The molecule has 0 amide bonds. The topological polar surface area (TPSA) is 21.3 Å². The van der Waals surface area contributed by atoms with Crippen molar-refractivity contribution in [2.75, 3.05) is 6.61 Å². The zero-order valence-corrected chi connectivity index (χ0v) is 10.8. The Morgan fingerprint density at radius 3 is 2.95 bits per heavy atom. The molecular weight excluding hydrogens is 241 g/mol. The minimum Gasteiger partial charge on any atom is -0.491 e. The van der Waals surface area contributed by atoms with Crippen LogP contribution in [0.15, 0.2) is 42.5 Å². The molecule has 0 saturated heterocycles. The molecule has 1 atom stereocenters. The number of benzene rings is 2. The number of ether oxygens (including phenoxy) is 1. The fourth-order valence-electron chi connectivity index (χ4n) is 2.42. The summed E-state index contributed by atoms with van der Waals surface area (Å²) in [5.74, 6) is 0.770. The van der Waals surface area contributed by atoms with E-state index in [-0.39, 0.29) is 11.9 Å². The SMILES string of the molecule is Cc1cc(F)ccc1CNC1COc2ccccc21. The van der Waals surface area contributed by atoms with Gasteiger partial charge in [-0.2, -0.15) is 0 Å². The van der Waals surface area contributed by atoms with Crippen molar-refractivity contribution in [1.82, 2.24) is 5.32 Å². The van der Waals surface area contributed by atoms with Crippen LogP contribution in [0.5, 0.6) is 5.75 Å². The van der Waals surface area contributed by atoms with Crippen molar-refractivity contribution in [3.05, 3.63) is 65.0 Å². The summed E-state index contributed by atoms with van der Waals surface area (Å²) < 4.78 is 18.7. The third-order valence-corrected chi connectivity index (χ3v) is 3.54. The molecule has 2 aromatic carbocycles. The molecule has 0 spiro atoms. The van der Waals surface area contributed by atoms with Gasteiger partial charge in [-0.15, -0.1) is 0 Å². The number of fused-ring (bicyclic) bond motifs is 1. The quantitative estimate of drug-likeness (QED) is 0.910. The molecule has 1 aliphatic rings. The van der Waals surface area contributed by atoms with E-state index in [1.54, 1.807) is 6.07 Å². The number of hydrogen-bond acceptors (Lipinski definition) is 2. The van der Waals surface area contributed by atoms with E-state index < -0.39 is 0 Å². The first-order valence-electron chi connectivity index (χ1n) is 6.44. The molecule has 1 N–H and O–H groups in total. The third kappa shape index (κ3) is 2.47. The highest BCUT2D eigenvalue weighted by Crippen LogP contribution is 2.31. The number of para-hydroxylation sites is 1. The zero-order chi connectivity index (χ0) is 13.2. The monoisotopic (exact) mass is 257 g/mol. The summed E-state index contributed by atoms with van der Waals surface area (Å²) in [5, 5.41) is 3.47. The fourth-order valence-corrected chi connectivity index (χ4v) is 2.42. The van der Waals surface area contributed by atoms with Gasteiger partial charge in [0.25, 0.3) is 0 Å². The Morgan fingerprint density at radius 2 is 2.11 bits per heavy atom. The average Bonchev–Trinajstić information content (AvgIpc) is 2.81. The zero-order valence-electron chi connectivity index (χ0n) is 10.8. The summed E-state index contributed by atoms with van der Waals surface area (Å²) in [6.45, 7) is 3.30. The standard InChI is InChI=1S/C16H16FNO/c1-11-8-13(17)7-6-12(11)9-18-15-10-19-16-5-3-2-4-14(15)16/h2-8,15,18H,9-10H2,1H3. The van der Waals surface area contributed by atoms with E-state index in [2.05, 4.69) is 11.4 Å². The second-order valence-corrected chi connectivity index (χ2v) is 4.85. The van der Waals surface area contributed by atoms with E-state index >= 15 is 0 Å². The van der Waals surface area contributed by atoms with Crippen LogP contribution in [0.4, 0.5) is 4.39 Å². The Hall–Kier alpha value is -1.87. The van der Waals surface area contributed by atoms with E-state index in [0.717, 1.165) is 16.9 Å². The van der Waals surface area contributed by atoms with Crippen LogP contribution in [0.2, 0.25) is 0 Å². The van der Waals surface area contributed by atoms with Crippen LogP contribution in [0, 0.1) is 12.7 Å². The molecule has 1 unspecified atom stereocenters. The summed E-state index contributed by atoms with van der Waals surface area (Å²) in [5.41, 5.74) is 3.28. The van der Waals surface area contributed by atoms with Gasteiger partial charge in [-0.05, 0) is 36.2 Å². The third-order valence-electron chi connectivity index (χ3n) is 3.54. The molecule has 3 rings (SSSR count). The van der Waals surface area contributed by atoms with Crippen LogP contribution in [0.25, 0.3) is 0 Å². The Kier molecular flexibility index (Phi) is 3.22. The first-order valence-corrected chi connectivity index (χ1v) is 6.44. The molecule has 98 valence electrons. The van der Waals surface area contributed by atoms with Crippen LogP contribution in [-0.4, -0.2) is 6.61 Å². The minimum atomic E-state index is -0.184. The molecule has 2 nitrogen and oxygen atoms in total. The smallest absolute Gasteiger partial charge is 0.124 e. The molecule has 1 aliphatic heterocycles. The molecule has 0 bridgehead atoms. The molecule has 3 heteroatoms. The number of aryl methyl sites for hydroxylation is 1. The predicted octanol–water partition coefficient (Wildman–Crippen LogP) is 3.36. The van der Waals surface area contributed by atoms with Crippen molar-refractivity contribution in [3.8, 4) is 5.75 Å². The van der Waals surface area contributed by atoms with Gasteiger partial charge in [-0.25, -0.2) is 4.39 Å². The Bertz CT molecular complexity index is 597. The molecule has 0 aliphatic carbocycles. The highest BCUT2D eigenvalue weighted by molar-refractivity contribution is 5.39. The van der Waals surface area contributed by atoms with Crippen molar-refractivity contribution < 1.29 is 9.13 Å². The largest absolute Gasteiger partial charge is 0.491 e. The summed E-state index contributed by atoms with van der Waals surface area (Å²) in [4.78, 5) is 0. The molecule has 0 radical (unpaired) electrons. The first kappa shape index (κ1) is 12.2. The summed E-state index contributed by atoms with van der Waals surface area (Å²) in [7, 11) is 0. The molecule has 0 saturated carbocycles. The van der Waals surface area contributed by atoms with Crippen molar-refractivity contribution in [3.63, 3.8) is 0 Å². The molecule has 1 heterocycles. The van der Waals surface area contributed by atoms with E-state index in [0.29, 0.717) is 13.2 Å². The second kappa shape index (κ2) is 5.02.